The molecule has 3 rings (SSSR count). The number of hydrogen-bond donors (Lipinski definition) is 1. The van der Waals surface area contributed by atoms with Crippen LogP contribution in [0.2, 0.25) is 0 Å². The third kappa shape index (κ3) is 3.67. The highest BCUT2D eigenvalue weighted by atomic mass is 127. The number of halogens is 1. The van der Waals surface area contributed by atoms with E-state index in [1.165, 1.54) is 12.8 Å². The Morgan fingerprint density at radius 3 is 3.00 bits per heavy atom. The molecule has 1 N–H and O–H groups in total. The molecule has 1 aromatic carbocycles. The first-order valence-electron chi connectivity index (χ1n) is 6.41. The Labute approximate surface area is 126 Å². The van der Waals surface area contributed by atoms with Crippen LogP contribution in [0.15, 0.2) is 42.7 Å². The van der Waals surface area contributed by atoms with E-state index >= 15 is 0 Å². The molecule has 0 atom stereocenters. The molecule has 0 amide bonds. The summed E-state index contributed by atoms with van der Waals surface area (Å²) in [4.78, 5) is 4.15. The van der Waals surface area contributed by atoms with Crippen molar-refractivity contribution in [2.24, 2.45) is 0 Å². The van der Waals surface area contributed by atoms with Crippen molar-refractivity contribution in [3.63, 3.8) is 0 Å². The van der Waals surface area contributed by atoms with Crippen molar-refractivity contribution < 1.29 is 4.74 Å². The van der Waals surface area contributed by atoms with Crippen molar-refractivity contribution in [1.29, 1.82) is 0 Å². The van der Waals surface area contributed by atoms with E-state index in [-0.39, 0.29) is 0 Å². The summed E-state index contributed by atoms with van der Waals surface area (Å²) in [6, 6.07) is 10.7. The summed E-state index contributed by atoms with van der Waals surface area (Å²) in [6.07, 6.45) is 6.17. The van der Waals surface area contributed by atoms with Crippen LogP contribution in [0.1, 0.15) is 18.4 Å². The molecule has 1 heterocycles. The molecule has 0 aliphatic heterocycles. The molecule has 1 aliphatic rings. The molecule has 0 bridgehead atoms. The maximum Gasteiger partial charge on any atom is 0.150 e. The Bertz CT molecular complexity index is 570. The minimum Gasteiger partial charge on any atom is -0.455 e. The van der Waals surface area contributed by atoms with Gasteiger partial charge in [0, 0.05) is 27.9 Å². The number of pyridine rings is 1. The van der Waals surface area contributed by atoms with Crippen LogP contribution in [0.5, 0.6) is 11.5 Å². The van der Waals surface area contributed by atoms with Crippen molar-refractivity contribution in [3.8, 4) is 11.5 Å². The van der Waals surface area contributed by atoms with E-state index in [4.69, 9.17) is 4.74 Å². The molecule has 19 heavy (non-hydrogen) atoms. The van der Waals surface area contributed by atoms with Crippen LogP contribution in [-0.4, -0.2) is 11.0 Å². The van der Waals surface area contributed by atoms with Gasteiger partial charge in [-0.05, 0) is 59.7 Å². The number of ether oxygens (including phenoxy) is 1. The third-order valence-corrected chi connectivity index (χ3v) is 3.72. The zero-order valence-electron chi connectivity index (χ0n) is 10.5. The van der Waals surface area contributed by atoms with Gasteiger partial charge in [-0.2, -0.15) is 0 Å². The van der Waals surface area contributed by atoms with Gasteiger partial charge in [-0.15, -0.1) is 0 Å². The normalized spacial score (nSPS) is 14.4. The molecule has 3 nitrogen and oxygen atoms in total. The molecule has 1 fully saturated rings. The Hall–Kier alpha value is -1.14. The van der Waals surface area contributed by atoms with Crippen molar-refractivity contribution in [3.05, 3.63) is 51.9 Å². The van der Waals surface area contributed by atoms with Crippen LogP contribution >= 0.6 is 22.6 Å². The van der Waals surface area contributed by atoms with Gasteiger partial charge in [-0.3, -0.25) is 4.98 Å². The average molecular weight is 366 g/mol. The predicted molar refractivity (Wildman–Crippen MR) is 83.3 cm³/mol. The molecular formula is C15H15IN2O. The summed E-state index contributed by atoms with van der Waals surface area (Å²) in [7, 11) is 0. The Kier molecular flexibility index (Phi) is 3.98. The highest BCUT2D eigenvalue weighted by molar-refractivity contribution is 14.1. The number of nitrogens with one attached hydrogen (secondary N) is 1. The number of aromatic nitrogens is 1. The van der Waals surface area contributed by atoms with Crippen LogP contribution in [0.3, 0.4) is 0 Å². The second kappa shape index (κ2) is 5.88. The first-order valence-corrected chi connectivity index (χ1v) is 7.49. The van der Waals surface area contributed by atoms with E-state index in [0.29, 0.717) is 6.04 Å². The SMILES string of the molecule is Ic1cccc(Oc2cnccc2CNC2CC2)c1. The van der Waals surface area contributed by atoms with Crippen molar-refractivity contribution >= 4 is 22.6 Å². The monoisotopic (exact) mass is 366 g/mol. The molecule has 0 radical (unpaired) electrons. The van der Waals surface area contributed by atoms with Gasteiger partial charge in [0.05, 0.1) is 6.20 Å². The molecule has 0 saturated heterocycles. The maximum absolute atomic E-state index is 5.94. The van der Waals surface area contributed by atoms with Crippen LogP contribution in [0, 0.1) is 3.57 Å². The van der Waals surface area contributed by atoms with Gasteiger partial charge in [0.25, 0.3) is 0 Å². The second-order valence-electron chi connectivity index (χ2n) is 4.70. The topological polar surface area (TPSA) is 34.1 Å². The Balaban J connectivity index is 1.75. The molecule has 4 heteroatoms. The molecule has 0 unspecified atom stereocenters. The van der Waals surface area contributed by atoms with E-state index in [2.05, 4.69) is 32.9 Å². The van der Waals surface area contributed by atoms with Crippen molar-refractivity contribution in [2.75, 3.05) is 0 Å². The van der Waals surface area contributed by atoms with Crippen molar-refractivity contribution in [1.82, 2.24) is 10.3 Å². The average Bonchev–Trinajstić information content (AvgIpc) is 3.22. The molecule has 1 aromatic heterocycles. The van der Waals surface area contributed by atoms with Crippen LogP contribution in [0.25, 0.3) is 0 Å². The van der Waals surface area contributed by atoms with Gasteiger partial charge < -0.3 is 10.1 Å². The summed E-state index contributed by atoms with van der Waals surface area (Å²) in [5.74, 6) is 1.69. The zero-order chi connectivity index (χ0) is 13.1. The smallest absolute Gasteiger partial charge is 0.150 e. The highest BCUT2D eigenvalue weighted by Crippen LogP contribution is 2.26. The van der Waals surface area contributed by atoms with E-state index in [1.807, 2.05) is 36.5 Å². The lowest BCUT2D eigenvalue weighted by Crippen LogP contribution is -2.15. The fourth-order valence-corrected chi connectivity index (χ4v) is 2.36. The first kappa shape index (κ1) is 12.9. The summed E-state index contributed by atoms with van der Waals surface area (Å²) >= 11 is 2.28. The zero-order valence-corrected chi connectivity index (χ0v) is 12.6. The minimum absolute atomic E-state index is 0.693. The van der Waals surface area contributed by atoms with Gasteiger partial charge in [0.2, 0.25) is 0 Å². The van der Waals surface area contributed by atoms with Gasteiger partial charge in [0.1, 0.15) is 11.5 Å². The number of hydrogen-bond acceptors (Lipinski definition) is 3. The van der Waals surface area contributed by atoms with Crippen LogP contribution < -0.4 is 10.1 Å². The van der Waals surface area contributed by atoms with E-state index in [1.54, 1.807) is 6.20 Å². The summed E-state index contributed by atoms with van der Waals surface area (Å²) in [5, 5.41) is 3.50. The third-order valence-electron chi connectivity index (χ3n) is 3.05. The van der Waals surface area contributed by atoms with E-state index < -0.39 is 0 Å². The van der Waals surface area contributed by atoms with Gasteiger partial charge >= 0.3 is 0 Å². The molecule has 2 aromatic rings. The minimum atomic E-state index is 0.693. The predicted octanol–water partition coefficient (Wildman–Crippen LogP) is 3.73. The summed E-state index contributed by atoms with van der Waals surface area (Å²) in [5.41, 5.74) is 1.15. The summed E-state index contributed by atoms with van der Waals surface area (Å²) in [6.45, 7) is 0.840. The molecular weight excluding hydrogens is 351 g/mol. The number of nitrogens with zero attached hydrogens (tertiary/aromatic N) is 1. The van der Waals surface area contributed by atoms with Crippen LogP contribution in [-0.2, 0) is 6.54 Å². The Morgan fingerprint density at radius 1 is 1.32 bits per heavy atom. The fraction of sp³-hybridized carbons (Fsp3) is 0.267. The van der Waals surface area contributed by atoms with E-state index in [0.717, 1.165) is 27.2 Å². The van der Waals surface area contributed by atoms with Crippen molar-refractivity contribution in [2.45, 2.75) is 25.4 Å². The second-order valence-corrected chi connectivity index (χ2v) is 5.94. The molecule has 98 valence electrons. The first-order chi connectivity index (χ1) is 9.31. The van der Waals surface area contributed by atoms with E-state index in [9.17, 15) is 0 Å². The fourth-order valence-electron chi connectivity index (χ4n) is 1.85. The maximum atomic E-state index is 5.94. The molecule has 0 spiro atoms. The number of benzene rings is 1. The molecule has 1 saturated carbocycles. The highest BCUT2D eigenvalue weighted by Gasteiger charge is 2.20. The largest absolute Gasteiger partial charge is 0.455 e. The van der Waals surface area contributed by atoms with Gasteiger partial charge in [0.15, 0.2) is 0 Å². The summed E-state index contributed by atoms with van der Waals surface area (Å²) < 4.78 is 7.10. The van der Waals surface area contributed by atoms with Gasteiger partial charge in [-0.25, -0.2) is 0 Å². The lowest BCUT2D eigenvalue weighted by Gasteiger charge is -2.11. The Morgan fingerprint density at radius 2 is 2.21 bits per heavy atom. The lowest BCUT2D eigenvalue weighted by atomic mass is 10.2. The quantitative estimate of drug-likeness (QED) is 0.819. The van der Waals surface area contributed by atoms with Gasteiger partial charge in [-0.1, -0.05) is 6.07 Å². The number of rotatable bonds is 5. The standard InChI is InChI=1S/C15H15IN2O/c16-12-2-1-3-14(8-12)19-15-10-17-7-6-11(15)9-18-13-4-5-13/h1-3,6-8,10,13,18H,4-5,9H2. The molecule has 1 aliphatic carbocycles. The van der Waals surface area contributed by atoms with Crippen LogP contribution in [0.4, 0.5) is 0 Å². The lowest BCUT2D eigenvalue weighted by molar-refractivity contribution is 0.469.